The van der Waals surface area contributed by atoms with Crippen LogP contribution >= 0.6 is 94.1 Å². The van der Waals surface area contributed by atoms with Gasteiger partial charge >= 0.3 is 0 Å². The van der Waals surface area contributed by atoms with E-state index in [-0.39, 0.29) is 0 Å². The minimum Gasteiger partial charge on any atom is -0.112 e. The van der Waals surface area contributed by atoms with Gasteiger partial charge in [0.15, 0.2) is 0 Å². The van der Waals surface area contributed by atoms with E-state index in [0.29, 0.717) is 0 Å². The zero-order chi connectivity index (χ0) is 38.2. The van der Waals surface area contributed by atoms with E-state index < -0.39 is 0 Å². The van der Waals surface area contributed by atoms with Gasteiger partial charge in [-0.05, 0) is 87.6 Å². The molecule has 4 aliphatic heterocycles. The first-order chi connectivity index (χ1) is 28.7. The third-order valence-corrected chi connectivity index (χ3v) is 23.0. The Morgan fingerprint density at radius 1 is 0.241 bits per heavy atom. The third-order valence-electron chi connectivity index (χ3n) is 11.2. The van der Waals surface area contributed by atoms with E-state index in [1.807, 2.05) is 94.1 Å². The Kier molecular flexibility index (Phi) is 9.72. The lowest BCUT2D eigenvalue weighted by Crippen LogP contribution is -1.97. The van der Waals surface area contributed by atoms with Crippen molar-refractivity contribution < 1.29 is 0 Å². The van der Waals surface area contributed by atoms with Gasteiger partial charge in [-0.3, -0.25) is 0 Å². The van der Waals surface area contributed by atoms with Gasteiger partial charge in [0, 0.05) is 23.0 Å². The van der Waals surface area contributed by atoms with Gasteiger partial charge in [-0.15, -0.1) is 47.0 Å². The molecule has 0 aromatic heterocycles. The molecule has 0 unspecified atom stereocenters. The minimum atomic E-state index is 0.946. The zero-order valence-corrected chi connectivity index (χ0v) is 37.5. The fraction of sp³-hybridized carbons (Fsp3) is 0.0800. The molecule has 0 N–H and O–H groups in total. The summed E-state index contributed by atoms with van der Waals surface area (Å²) in [7, 11) is 0. The molecule has 0 nitrogen and oxygen atoms in total. The van der Waals surface area contributed by atoms with E-state index in [0.717, 1.165) is 23.0 Å². The van der Waals surface area contributed by atoms with Crippen molar-refractivity contribution in [3.63, 3.8) is 0 Å². The molecule has 58 heavy (non-hydrogen) atoms. The van der Waals surface area contributed by atoms with Crippen molar-refractivity contribution in [2.45, 2.75) is 23.0 Å². The molecule has 0 aliphatic carbocycles. The Balaban J connectivity index is 0.893. The van der Waals surface area contributed by atoms with E-state index in [4.69, 9.17) is 0 Å². The summed E-state index contributed by atoms with van der Waals surface area (Å²) >= 11 is 16.2. The molecular weight excluding hydrogens is 857 g/mol. The van der Waals surface area contributed by atoms with E-state index in [1.54, 1.807) is 0 Å². The van der Waals surface area contributed by atoms with Crippen LogP contribution in [-0.2, 0) is 23.0 Å². The smallest absolute Gasteiger partial charge is 0.0717 e. The van der Waals surface area contributed by atoms with Crippen LogP contribution in [0.3, 0.4) is 0 Å². The first kappa shape index (κ1) is 36.7. The second-order valence-corrected chi connectivity index (χ2v) is 24.1. The number of rotatable bonds is 0. The monoisotopic (exact) mass is 888 g/mol. The maximum Gasteiger partial charge on any atom is 0.0717 e. The number of thioether (sulfide) groups is 8. The molecule has 0 bridgehead atoms. The second kappa shape index (κ2) is 15.4. The fourth-order valence-corrected chi connectivity index (χ4v) is 20.5. The molecule has 0 spiro atoms. The van der Waals surface area contributed by atoms with Gasteiger partial charge in [-0.25, -0.2) is 0 Å². The Morgan fingerprint density at radius 2 is 0.483 bits per heavy atom. The summed E-state index contributed by atoms with van der Waals surface area (Å²) in [4.78, 5) is 0. The molecule has 0 saturated carbocycles. The van der Waals surface area contributed by atoms with E-state index in [1.165, 1.54) is 113 Å². The average Bonchev–Trinajstić information content (AvgIpc) is 3.89. The quantitative estimate of drug-likeness (QED) is 0.146. The predicted octanol–water partition coefficient (Wildman–Crippen LogP) is 17.6. The van der Waals surface area contributed by atoms with Crippen LogP contribution < -0.4 is 0 Å². The Labute approximate surface area is 372 Å². The van der Waals surface area contributed by atoms with Crippen molar-refractivity contribution in [1.29, 1.82) is 0 Å². The molecule has 0 saturated heterocycles. The highest BCUT2D eigenvalue weighted by Gasteiger charge is 2.33. The van der Waals surface area contributed by atoms with E-state index in [2.05, 4.69) is 146 Å². The first-order valence-corrected chi connectivity index (χ1v) is 26.4. The van der Waals surface area contributed by atoms with Gasteiger partial charge in [0.1, 0.15) is 0 Å². The standard InChI is InChI=1S/C50H32S8/c1-5-13-37-29(9-1)17-21-33-25-51-45-46(52-26-34-22-18-30-10-2-6-14-38(30)42(34)41(33)37)56-49(55-45)50-57-47-48(58-50)54-28-36-24-20-32-12-4-8-16-40(32)44(36)43-35(27-53-47)23-19-31-11-3-7-15-39(31)43/h1-24H,25-28H2. The lowest BCUT2D eigenvalue weighted by Gasteiger charge is -2.20. The lowest BCUT2D eigenvalue weighted by molar-refractivity contribution is 1.39. The molecule has 0 amide bonds. The van der Waals surface area contributed by atoms with Gasteiger partial charge in [-0.2, -0.15) is 0 Å². The number of benzene rings is 8. The molecule has 280 valence electrons. The summed E-state index contributed by atoms with van der Waals surface area (Å²) in [6.45, 7) is 0. The number of fused-ring (bicyclic) bond motifs is 14. The van der Waals surface area contributed by atoms with Crippen molar-refractivity contribution in [2.75, 3.05) is 0 Å². The van der Waals surface area contributed by atoms with Crippen molar-refractivity contribution >= 4 is 137 Å². The maximum atomic E-state index is 2.39. The highest BCUT2D eigenvalue weighted by Crippen LogP contribution is 2.67. The summed E-state index contributed by atoms with van der Waals surface area (Å²) in [5.41, 5.74) is 11.3. The van der Waals surface area contributed by atoms with Gasteiger partial charge in [0.25, 0.3) is 0 Å². The number of hydrogen-bond donors (Lipinski definition) is 0. The van der Waals surface area contributed by atoms with Gasteiger partial charge in [-0.1, -0.05) is 193 Å². The van der Waals surface area contributed by atoms with Crippen LogP contribution in [0.1, 0.15) is 22.3 Å². The molecule has 0 fully saturated rings. The van der Waals surface area contributed by atoms with Crippen molar-refractivity contribution in [2.24, 2.45) is 0 Å². The van der Waals surface area contributed by atoms with Crippen LogP contribution in [0.2, 0.25) is 0 Å². The average molecular weight is 889 g/mol. The van der Waals surface area contributed by atoms with Crippen LogP contribution in [0, 0.1) is 0 Å². The summed E-state index contributed by atoms with van der Waals surface area (Å²) in [5, 5.41) is 10.6. The molecule has 0 radical (unpaired) electrons. The lowest BCUT2D eigenvalue weighted by atomic mass is 9.88. The van der Waals surface area contributed by atoms with Crippen LogP contribution in [0.5, 0.6) is 0 Å². The summed E-state index contributed by atoms with van der Waals surface area (Å²) < 4.78 is 8.71. The van der Waals surface area contributed by atoms with Crippen molar-refractivity contribution in [3.8, 4) is 22.3 Å². The largest absolute Gasteiger partial charge is 0.112 e. The molecule has 8 heteroatoms. The summed E-state index contributed by atoms with van der Waals surface area (Å²) in [6.07, 6.45) is 0. The number of hydrogen-bond acceptors (Lipinski definition) is 8. The van der Waals surface area contributed by atoms with Crippen molar-refractivity contribution in [1.82, 2.24) is 0 Å². The molecule has 8 aromatic rings. The molecule has 0 atom stereocenters. The first-order valence-electron chi connectivity index (χ1n) is 19.2. The highest BCUT2D eigenvalue weighted by molar-refractivity contribution is 8.44. The fourth-order valence-electron chi connectivity index (χ4n) is 8.57. The molecular formula is C50H32S8. The maximum absolute atomic E-state index is 2.39. The Morgan fingerprint density at radius 3 is 0.741 bits per heavy atom. The second-order valence-electron chi connectivity index (χ2n) is 14.6. The predicted molar refractivity (Wildman–Crippen MR) is 270 cm³/mol. The normalized spacial score (nSPS) is 17.0. The van der Waals surface area contributed by atoms with E-state index in [9.17, 15) is 0 Å². The molecule has 4 aliphatic rings. The van der Waals surface area contributed by atoms with Gasteiger partial charge in [0.05, 0.1) is 25.4 Å². The Bertz CT molecular complexity index is 2720. The summed E-state index contributed by atoms with van der Waals surface area (Å²) in [5.74, 6) is 3.78. The topological polar surface area (TPSA) is 0 Å². The Hall–Kier alpha value is -3.18. The summed E-state index contributed by atoms with van der Waals surface area (Å²) in [6, 6.07) is 54.7. The highest BCUT2D eigenvalue weighted by atomic mass is 32.3. The van der Waals surface area contributed by atoms with Crippen LogP contribution in [-0.4, -0.2) is 0 Å². The van der Waals surface area contributed by atoms with Gasteiger partial charge in [0.2, 0.25) is 0 Å². The molecule has 4 heterocycles. The van der Waals surface area contributed by atoms with Crippen molar-refractivity contribution in [3.05, 3.63) is 193 Å². The minimum absolute atomic E-state index is 0.946. The van der Waals surface area contributed by atoms with Crippen LogP contribution in [0.4, 0.5) is 0 Å². The SMILES string of the molecule is c1ccc2c3c(ccc2c1)CSC1=C(SCc2ccc4ccccc4c2-3)SC(=C2SC3=C(SCc4ccc5ccccc5c4-c4c(ccc5ccccc45)CS3)S2)S1. The van der Waals surface area contributed by atoms with E-state index >= 15 is 0 Å². The third kappa shape index (κ3) is 6.40. The zero-order valence-electron chi connectivity index (χ0n) is 31.0. The van der Waals surface area contributed by atoms with Crippen LogP contribution in [0.15, 0.2) is 171 Å². The van der Waals surface area contributed by atoms with Crippen LogP contribution in [0.25, 0.3) is 65.3 Å². The molecule has 12 rings (SSSR count). The van der Waals surface area contributed by atoms with Gasteiger partial charge < -0.3 is 0 Å². The molecule has 8 aromatic carbocycles.